The summed E-state index contributed by atoms with van der Waals surface area (Å²) in [4.78, 5) is 8.82. The number of aryl methyl sites for hydroxylation is 1. The molecule has 1 aliphatic carbocycles. The first kappa shape index (κ1) is 11.7. The van der Waals surface area contributed by atoms with Gasteiger partial charge < -0.3 is 5.73 Å². The van der Waals surface area contributed by atoms with E-state index in [4.69, 9.17) is 5.73 Å². The van der Waals surface area contributed by atoms with E-state index in [2.05, 4.69) is 9.97 Å². The Morgan fingerprint density at radius 3 is 2.56 bits per heavy atom. The van der Waals surface area contributed by atoms with Crippen LogP contribution in [0.25, 0.3) is 0 Å². The first-order valence-electron chi connectivity index (χ1n) is 5.88. The van der Waals surface area contributed by atoms with E-state index in [1.807, 2.05) is 25.6 Å². The van der Waals surface area contributed by atoms with Crippen molar-refractivity contribution in [2.24, 2.45) is 0 Å². The number of thioether (sulfide) groups is 1. The summed E-state index contributed by atoms with van der Waals surface area (Å²) in [6.45, 7) is 3.97. The highest BCUT2D eigenvalue weighted by atomic mass is 32.2. The second-order valence-corrected chi connectivity index (χ2v) is 5.74. The third kappa shape index (κ3) is 2.67. The summed E-state index contributed by atoms with van der Waals surface area (Å²) in [5.74, 6) is 2.42. The normalized spacial score (nSPS) is 16.9. The fraction of sp³-hybridized carbons (Fsp3) is 0.667. The van der Waals surface area contributed by atoms with Gasteiger partial charge in [-0.05, 0) is 26.7 Å². The van der Waals surface area contributed by atoms with Gasteiger partial charge in [0.1, 0.15) is 11.6 Å². The minimum atomic E-state index is 0.634. The van der Waals surface area contributed by atoms with Crippen molar-refractivity contribution in [2.75, 3.05) is 5.73 Å². The topological polar surface area (TPSA) is 51.8 Å². The van der Waals surface area contributed by atoms with Gasteiger partial charge in [0.15, 0.2) is 0 Å². The monoisotopic (exact) mass is 237 g/mol. The zero-order valence-electron chi connectivity index (χ0n) is 9.99. The molecule has 1 aromatic heterocycles. The lowest BCUT2D eigenvalue weighted by Crippen LogP contribution is -2.05. The first-order valence-corrected chi connectivity index (χ1v) is 6.93. The van der Waals surface area contributed by atoms with E-state index in [1.165, 1.54) is 25.7 Å². The lowest BCUT2D eigenvalue weighted by atomic mass is 10.2. The van der Waals surface area contributed by atoms with E-state index < -0.39 is 0 Å². The van der Waals surface area contributed by atoms with Crippen LogP contribution in [0.3, 0.4) is 0 Å². The molecule has 1 heterocycles. The van der Waals surface area contributed by atoms with Crippen molar-refractivity contribution >= 4 is 17.6 Å². The van der Waals surface area contributed by atoms with Crippen LogP contribution in [0.1, 0.15) is 42.8 Å². The Labute approximate surface area is 101 Å². The number of nitrogen functional groups attached to an aromatic ring is 1. The number of hydrogen-bond donors (Lipinski definition) is 1. The lowest BCUT2D eigenvalue weighted by Gasteiger charge is -2.09. The molecular formula is C12H19N3S. The van der Waals surface area contributed by atoms with Crippen molar-refractivity contribution in [2.45, 2.75) is 50.5 Å². The second-order valence-electron chi connectivity index (χ2n) is 4.45. The average Bonchev–Trinajstić information content (AvgIpc) is 2.75. The molecule has 1 saturated carbocycles. The summed E-state index contributed by atoms with van der Waals surface area (Å²) in [7, 11) is 0. The molecule has 16 heavy (non-hydrogen) atoms. The molecule has 0 atom stereocenters. The maximum absolute atomic E-state index is 5.84. The van der Waals surface area contributed by atoms with Crippen molar-refractivity contribution in [1.29, 1.82) is 0 Å². The molecule has 0 amide bonds. The minimum absolute atomic E-state index is 0.634. The SMILES string of the molecule is Cc1nc(CSC2CCCC2)nc(N)c1C. The molecule has 0 saturated heterocycles. The van der Waals surface area contributed by atoms with Crippen LogP contribution in [0.15, 0.2) is 0 Å². The van der Waals surface area contributed by atoms with Gasteiger partial charge in [0.05, 0.1) is 5.75 Å². The number of nitrogens with two attached hydrogens (primary N) is 1. The first-order chi connectivity index (χ1) is 7.66. The fourth-order valence-corrected chi connectivity index (χ4v) is 3.20. The molecule has 0 bridgehead atoms. The van der Waals surface area contributed by atoms with E-state index in [0.717, 1.165) is 28.1 Å². The molecule has 0 aromatic carbocycles. The Hall–Kier alpha value is -0.770. The van der Waals surface area contributed by atoms with E-state index >= 15 is 0 Å². The molecule has 88 valence electrons. The second kappa shape index (κ2) is 5.04. The molecule has 2 N–H and O–H groups in total. The Kier molecular flexibility index (Phi) is 3.69. The molecule has 3 nitrogen and oxygen atoms in total. The largest absolute Gasteiger partial charge is 0.383 e. The number of aromatic nitrogens is 2. The van der Waals surface area contributed by atoms with Crippen LogP contribution in [-0.2, 0) is 5.75 Å². The van der Waals surface area contributed by atoms with Gasteiger partial charge in [0.2, 0.25) is 0 Å². The van der Waals surface area contributed by atoms with E-state index in [9.17, 15) is 0 Å². The van der Waals surface area contributed by atoms with Gasteiger partial charge in [-0.15, -0.1) is 0 Å². The number of anilines is 1. The third-order valence-electron chi connectivity index (χ3n) is 3.22. The van der Waals surface area contributed by atoms with E-state index in [0.29, 0.717) is 5.82 Å². The summed E-state index contributed by atoms with van der Waals surface area (Å²) in [5, 5.41) is 0.812. The van der Waals surface area contributed by atoms with Crippen LogP contribution >= 0.6 is 11.8 Å². The molecule has 0 unspecified atom stereocenters. The fourth-order valence-electron chi connectivity index (χ4n) is 2.02. The van der Waals surface area contributed by atoms with Gasteiger partial charge in [-0.25, -0.2) is 9.97 Å². The van der Waals surface area contributed by atoms with Crippen molar-refractivity contribution in [1.82, 2.24) is 9.97 Å². The average molecular weight is 237 g/mol. The molecule has 0 aliphatic heterocycles. The minimum Gasteiger partial charge on any atom is -0.383 e. The highest BCUT2D eigenvalue weighted by Crippen LogP contribution is 2.31. The van der Waals surface area contributed by atoms with Crippen molar-refractivity contribution < 1.29 is 0 Å². The number of rotatable bonds is 3. The van der Waals surface area contributed by atoms with Gasteiger partial charge in [0.25, 0.3) is 0 Å². The standard InChI is InChI=1S/C12H19N3S/c1-8-9(2)14-11(15-12(8)13)7-16-10-5-3-4-6-10/h10H,3-7H2,1-2H3,(H2,13,14,15). The summed E-state index contributed by atoms with van der Waals surface area (Å²) in [6.07, 6.45) is 5.47. The Morgan fingerprint density at radius 1 is 1.25 bits per heavy atom. The van der Waals surface area contributed by atoms with Crippen LogP contribution in [0.5, 0.6) is 0 Å². The van der Waals surface area contributed by atoms with Crippen molar-refractivity contribution in [3.63, 3.8) is 0 Å². The highest BCUT2D eigenvalue weighted by Gasteiger charge is 2.16. The molecule has 1 aromatic rings. The van der Waals surface area contributed by atoms with Crippen molar-refractivity contribution in [3.8, 4) is 0 Å². The van der Waals surface area contributed by atoms with Gasteiger partial charge in [-0.3, -0.25) is 0 Å². The van der Waals surface area contributed by atoms with Crippen molar-refractivity contribution in [3.05, 3.63) is 17.1 Å². The summed E-state index contributed by atoms with van der Waals surface area (Å²) < 4.78 is 0. The van der Waals surface area contributed by atoms with Gasteiger partial charge in [-0.1, -0.05) is 12.8 Å². The summed E-state index contributed by atoms with van der Waals surface area (Å²) in [5.41, 5.74) is 7.86. The molecule has 1 fully saturated rings. The molecule has 0 radical (unpaired) electrons. The maximum atomic E-state index is 5.84. The van der Waals surface area contributed by atoms with Gasteiger partial charge >= 0.3 is 0 Å². The number of nitrogens with zero attached hydrogens (tertiary/aromatic N) is 2. The van der Waals surface area contributed by atoms with Crippen LogP contribution in [-0.4, -0.2) is 15.2 Å². The maximum Gasteiger partial charge on any atom is 0.140 e. The highest BCUT2D eigenvalue weighted by molar-refractivity contribution is 7.99. The zero-order chi connectivity index (χ0) is 11.5. The Balaban J connectivity index is 1.98. The predicted octanol–water partition coefficient (Wildman–Crippen LogP) is 2.85. The number of hydrogen-bond acceptors (Lipinski definition) is 4. The Morgan fingerprint density at radius 2 is 1.94 bits per heavy atom. The molecular weight excluding hydrogens is 218 g/mol. The van der Waals surface area contributed by atoms with Crippen LogP contribution in [0.4, 0.5) is 5.82 Å². The molecule has 0 spiro atoms. The Bertz CT molecular complexity index is 350. The van der Waals surface area contributed by atoms with Gasteiger partial charge in [0, 0.05) is 16.5 Å². The predicted molar refractivity (Wildman–Crippen MR) is 69.5 cm³/mol. The lowest BCUT2D eigenvalue weighted by molar-refractivity contribution is 0.886. The summed E-state index contributed by atoms with van der Waals surface area (Å²) >= 11 is 1.98. The summed E-state index contributed by atoms with van der Waals surface area (Å²) in [6, 6.07) is 0. The molecule has 2 rings (SSSR count). The van der Waals surface area contributed by atoms with Crippen LogP contribution in [0, 0.1) is 13.8 Å². The van der Waals surface area contributed by atoms with E-state index in [1.54, 1.807) is 0 Å². The van der Waals surface area contributed by atoms with E-state index in [-0.39, 0.29) is 0 Å². The van der Waals surface area contributed by atoms with Gasteiger partial charge in [-0.2, -0.15) is 11.8 Å². The molecule has 4 heteroatoms. The van der Waals surface area contributed by atoms with Crippen LogP contribution in [0.2, 0.25) is 0 Å². The smallest absolute Gasteiger partial charge is 0.140 e. The quantitative estimate of drug-likeness (QED) is 0.878. The zero-order valence-corrected chi connectivity index (χ0v) is 10.8. The van der Waals surface area contributed by atoms with Crippen LogP contribution < -0.4 is 5.73 Å². The molecule has 1 aliphatic rings. The third-order valence-corrected chi connectivity index (χ3v) is 4.59.